The van der Waals surface area contributed by atoms with Crippen LogP contribution in [0.15, 0.2) is 6.08 Å². The number of nitrogens with one attached hydrogen (secondary N) is 1. The minimum atomic E-state index is -0.196. The summed E-state index contributed by atoms with van der Waals surface area (Å²) in [4.78, 5) is 11.6. The molecule has 0 radical (unpaired) electrons. The van der Waals surface area contributed by atoms with Crippen molar-refractivity contribution in [3.05, 3.63) is 23.0 Å². The van der Waals surface area contributed by atoms with Crippen LogP contribution in [0, 0.1) is 13.8 Å². The molecule has 0 aromatic carbocycles. The van der Waals surface area contributed by atoms with Crippen molar-refractivity contribution in [3.8, 4) is 0 Å². The fourth-order valence-electron chi connectivity index (χ4n) is 1.72. The number of aryl methyl sites for hydroxylation is 2. The van der Waals surface area contributed by atoms with Crippen molar-refractivity contribution in [2.75, 3.05) is 6.61 Å². The number of aliphatic hydroxyl groups is 1. The maximum Gasteiger partial charge on any atom is 0.244 e. The van der Waals surface area contributed by atoms with Crippen LogP contribution in [0.3, 0.4) is 0 Å². The van der Waals surface area contributed by atoms with Gasteiger partial charge in [0.05, 0.1) is 18.3 Å². The highest BCUT2D eigenvalue weighted by Crippen LogP contribution is 2.13. The second kappa shape index (κ2) is 6.35. The SMILES string of the molecule is CCC(CO)NC(=O)/C=C/c1c(C)nn(C)c1C. The Hall–Kier alpha value is -1.62. The van der Waals surface area contributed by atoms with E-state index in [2.05, 4.69) is 10.4 Å². The second-order valence-electron chi connectivity index (χ2n) is 4.34. The van der Waals surface area contributed by atoms with Gasteiger partial charge in [-0.05, 0) is 26.3 Å². The van der Waals surface area contributed by atoms with Crippen molar-refractivity contribution in [1.29, 1.82) is 0 Å². The summed E-state index contributed by atoms with van der Waals surface area (Å²) in [6, 6.07) is -0.182. The fraction of sp³-hybridized carbons (Fsp3) is 0.538. The zero-order valence-electron chi connectivity index (χ0n) is 11.4. The molecule has 0 fully saturated rings. The number of carbonyl (C=O) groups excluding carboxylic acids is 1. The summed E-state index contributed by atoms with van der Waals surface area (Å²) >= 11 is 0. The number of rotatable bonds is 5. The van der Waals surface area contributed by atoms with E-state index in [4.69, 9.17) is 5.11 Å². The molecule has 1 aromatic rings. The monoisotopic (exact) mass is 251 g/mol. The van der Waals surface area contributed by atoms with Crippen LogP contribution in [-0.4, -0.2) is 33.4 Å². The highest BCUT2D eigenvalue weighted by molar-refractivity contribution is 5.92. The molecule has 0 saturated carbocycles. The van der Waals surface area contributed by atoms with Gasteiger partial charge in [-0.1, -0.05) is 6.92 Å². The van der Waals surface area contributed by atoms with Crippen LogP contribution in [0.25, 0.3) is 6.08 Å². The minimum absolute atomic E-state index is 0.0406. The Morgan fingerprint density at radius 2 is 2.22 bits per heavy atom. The first kappa shape index (κ1) is 14.4. The molecule has 5 nitrogen and oxygen atoms in total. The van der Waals surface area contributed by atoms with Gasteiger partial charge in [0.2, 0.25) is 5.91 Å². The van der Waals surface area contributed by atoms with Gasteiger partial charge in [-0.15, -0.1) is 0 Å². The predicted octanol–water partition coefficient (Wildman–Crippen LogP) is 0.937. The van der Waals surface area contributed by atoms with E-state index in [-0.39, 0.29) is 18.6 Å². The van der Waals surface area contributed by atoms with Crippen LogP contribution in [0.1, 0.15) is 30.3 Å². The van der Waals surface area contributed by atoms with Gasteiger partial charge in [0.1, 0.15) is 0 Å². The molecule has 1 aromatic heterocycles. The van der Waals surface area contributed by atoms with Crippen LogP contribution < -0.4 is 5.32 Å². The highest BCUT2D eigenvalue weighted by Gasteiger charge is 2.08. The fourth-order valence-corrected chi connectivity index (χ4v) is 1.72. The Balaban J connectivity index is 2.72. The Kier molecular flexibility index (Phi) is 5.09. The van der Waals surface area contributed by atoms with Crippen LogP contribution in [0.2, 0.25) is 0 Å². The average molecular weight is 251 g/mol. The molecular weight excluding hydrogens is 230 g/mol. The van der Waals surface area contributed by atoms with Crippen molar-refractivity contribution in [3.63, 3.8) is 0 Å². The summed E-state index contributed by atoms with van der Waals surface area (Å²) < 4.78 is 1.79. The van der Waals surface area contributed by atoms with E-state index in [1.807, 2.05) is 27.8 Å². The van der Waals surface area contributed by atoms with E-state index < -0.39 is 0 Å². The summed E-state index contributed by atoms with van der Waals surface area (Å²) in [6.07, 6.45) is 3.95. The summed E-state index contributed by atoms with van der Waals surface area (Å²) in [5.74, 6) is -0.196. The normalized spacial score (nSPS) is 12.9. The number of amides is 1. The highest BCUT2D eigenvalue weighted by atomic mass is 16.3. The molecule has 1 heterocycles. The first-order chi connectivity index (χ1) is 8.49. The average Bonchev–Trinajstić information content (AvgIpc) is 2.58. The molecule has 2 N–H and O–H groups in total. The van der Waals surface area contributed by atoms with E-state index in [0.717, 1.165) is 17.0 Å². The molecule has 0 aliphatic heterocycles. The van der Waals surface area contributed by atoms with Crippen LogP contribution >= 0.6 is 0 Å². The smallest absolute Gasteiger partial charge is 0.244 e. The van der Waals surface area contributed by atoms with Crippen LogP contribution in [0.4, 0.5) is 0 Å². The van der Waals surface area contributed by atoms with Gasteiger partial charge >= 0.3 is 0 Å². The lowest BCUT2D eigenvalue weighted by Gasteiger charge is -2.11. The second-order valence-corrected chi connectivity index (χ2v) is 4.34. The molecule has 0 aliphatic carbocycles. The number of hydrogen-bond acceptors (Lipinski definition) is 3. The van der Waals surface area contributed by atoms with Gasteiger partial charge in [-0.25, -0.2) is 0 Å². The molecule has 5 heteroatoms. The number of nitrogens with zero attached hydrogens (tertiary/aromatic N) is 2. The Labute approximate surface area is 108 Å². The van der Waals surface area contributed by atoms with Gasteiger partial charge in [-0.2, -0.15) is 5.10 Å². The van der Waals surface area contributed by atoms with Gasteiger partial charge in [-0.3, -0.25) is 9.48 Å². The third-order valence-corrected chi connectivity index (χ3v) is 3.03. The largest absolute Gasteiger partial charge is 0.394 e. The van der Waals surface area contributed by atoms with Gasteiger partial charge in [0.15, 0.2) is 0 Å². The van der Waals surface area contributed by atoms with Crippen molar-refractivity contribution in [1.82, 2.24) is 15.1 Å². The number of aliphatic hydroxyl groups excluding tert-OH is 1. The van der Waals surface area contributed by atoms with Crippen molar-refractivity contribution >= 4 is 12.0 Å². The lowest BCUT2D eigenvalue weighted by molar-refractivity contribution is -0.117. The standard InChI is InChI=1S/C13H21N3O2/c1-5-11(8-17)14-13(18)7-6-12-9(2)15-16(4)10(12)3/h6-7,11,17H,5,8H2,1-4H3,(H,14,18)/b7-6+. The molecule has 0 bridgehead atoms. The predicted molar refractivity (Wildman–Crippen MR) is 71.0 cm³/mol. The zero-order chi connectivity index (χ0) is 13.7. The zero-order valence-corrected chi connectivity index (χ0v) is 11.4. The van der Waals surface area contributed by atoms with E-state index in [1.54, 1.807) is 10.8 Å². The Morgan fingerprint density at radius 3 is 2.67 bits per heavy atom. The molecule has 1 atom stereocenters. The maximum atomic E-state index is 11.6. The van der Waals surface area contributed by atoms with Crippen molar-refractivity contribution in [2.24, 2.45) is 7.05 Å². The third-order valence-electron chi connectivity index (χ3n) is 3.03. The first-order valence-electron chi connectivity index (χ1n) is 6.09. The summed E-state index contributed by atoms with van der Waals surface area (Å²) in [5, 5.41) is 16.0. The maximum absolute atomic E-state index is 11.6. The Bertz CT molecular complexity index is 445. The van der Waals surface area contributed by atoms with E-state index in [0.29, 0.717) is 6.42 Å². The number of hydrogen-bond donors (Lipinski definition) is 2. The molecular formula is C13H21N3O2. The molecule has 1 rings (SSSR count). The number of aromatic nitrogens is 2. The quantitative estimate of drug-likeness (QED) is 0.765. The lowest BCUT2D eigenvalue weighted by Crippen LogP contribution is -2.35. The molecule has 100 valence electrons. The third kappa shape index (κ3) is 3.43. The van der Waals surface area contributed by atoms with Crippen molar-refractivity contribution < 1.29 is 9.90 Å². The minimum Gasteiger partial charge on any atom is -0.394 e. The molecule has 1 amide bonds. The molecule has 0 saturated heterocycles. The molecule has 18 heavy (non-hydrogen) atoms. The Morgan fingerprint density at radius 1 is 1.56 bits per heavy atom. The van der Waals surface area contributed by atoms with E-state index in [9.17, 15) is 4.79 Å². The topological polar surface area (TPSA) is 67.2 Å². The first-order valence-corrected chi connectivity index (χ1v) is 6.09. The van der Waals surface area contributed by atoms with E-state index >= 15 is 0 Å². The van der Waals surface area contributed by atoms with Gasteiger partial charge < -0.3 is 10.4 Å². The molecule has 1 unspecified atom stereocenters. The summed E-state index contributed by atoms with van der Waals surface area (Å²) in [5.41, 5.74) is 2.88. The summed E-state index contributed by atoms with van der Waals surface area (Å²) in [6.45, 7) is 5.74. The van der Waals surface area contributed by atoms with Crippen LogP contribution in [0.5, 0.6) is 0 Å². The van der Waals surface area contributed by atoms with Crippen molar-refractivity contribution in [2.45, 2.75) is 33.2 Å². The lowest BCUT2D eigenvalue weighted by atomic mass is 10.2. The summed E-state index contributed by atoms with van der Waals surface area (Å²) in [7, 11) is 1.87. The number of carbonyl (C=O) groups is 1. The van der Waals surface area contributed by atoms with Crippen LogP contribution in [-0.2, 0) is 11.8 Å². The molecule has 0 spiro atoms. The van der Waals surface area contributed by atoms with E-state index in [1.165, 1.54) is 6.08 Å². The van der Waals surface area contributed by atoms with Gasteiger partial charge in [0, 0.05) is 24.4 Å². The van der Waals surface area contributed by atoms with Gasteiger partial charge in [0.25, 0.3) is 0 Å². The molecule has 0 aliphatic rings.